The molecule has 0 atom stereocenters. The van der Waals surface area contributed by atoms with Gasteiger partial charge in [0.25, 0.3) is 0 Å². The van der Waals surface area contributed by atoms with E-state index in [1.54, 1.807) is 0 Å². The van der Waals surface area contributed by atoms with E-state index in [9.17, 15) is 17.2 Å². The summed E-state index contributed by atoms with van der Waals surface area (Å²) in [5.74, 6) is -2.61. The van der Waals surface area contributed by atoms with E-state index in [4.69, 9.17) is 11.6 Å². The van der Waals surface area contributed by atoms with Crippen molar-refractivity contribution in [3.8, 4) is 0 Å². The van der Waals surface area contributed by atoms with Gasteiger partial charge in [0.05, 0.1) is 0 Å². The number of nitrogens with zero attached hydrogens (tertiary/aromatic N) is 1. The number of benzene rings is 1. The highest BCUT2D eigenvalue weighted by Crippen LogP contribution is 2.33. The molecule has 0 amide bonds. The molecule has 118 valence electrons. The Bertz CT molecular complexity index is 637. The normalized spacial score (nSPS) is 19.7. The smallest absolute Gasteiger partial charge is 0.207 e. The molecule has 0 bridgehead atoms. The van der Waals surface area contributed by atoms with E-state index in [0.717, 1.165) is 12.1 Å². The van der Waals surface area contributed by atoms with E-state index in [1.807, 2.05) is 0 Å². The predicted octanol–water partition coefficient (Wildman–Crippen LogP) is 3.51. The lowest BCUT2D eigenvalue weighted by atomic mass is 9.83. The predicted molar refractivity (Wildman–Crippen MR) is 77.7 cm³/mol. The van der Waals surface area contributed by atoms with Crippen molar-refractivity contribution in [1.29, 1.82) is 0 Å². The lowest BCUT2D eigenvalue weighted by molar-refractivity contribution is 0.195. The Hall–Kier alpha value is -0.720. The molecule has 1 aliphatic heterocycles. The molecular formula is C14H18ClF2NO2S. The van der Waals surface area contributed by atoms with E-state index < -0.39 is 26.6 Å². The molecular weight excluding hydrogens is 320 g/mol. The molecule has 3 nitrogen and oxygen atoms in total. The van der Waals surface area contributed by atoms with Crippen LogP contribution < -0.4 is 0 Å². The van der Waals surface area contributed by atoms with E-state index in [0.29, 0.717) is 25.9 Å². The largest absolute Gasteiger partial charge is 0.246 e. The zero-order chi connectivity index (χ0) is 15.8. The summed E-state index contributed by atoms with van der Waals surface area (Å²) < 4.78 is 53.7. The van der Waals surface area contributed by atoms with Crippen LogP contribution in [-0.4, -0.2) is 25.8 Å². The summed E-state index contributed by atoms with van der Waals surface area (Å²) in [5, 5.41) is 0. The van der Waals surface area contributed by atoms with Crippen LogP contribution in [0.25, 0.3) is 0 Å². The molecule has 1 fully saturated rings. The van der Waals surface area contributed by atoms with Crippen molar-refractivity contribution in [3.63, 3.8) is 0 Å². The van der Waals surface area contributed by atoms with Gasteiger partial charge in [-0.15, -0.1) is 11.6 Å². The highest BCUT2D eigenvalue weighted by atomic mass is 35.5. The summed E-state index contributed by atoms with van der Waals surface area (Å²) in [5.41, 5.74) is 0.305. The fourth-order valence-electron chi connectivity index (χ4n) is 2.35. The third kappa shape index (κ3) is 3.38. The number of alkyl halides is 1. The molecule has 0 N–H and O–H groups in total. The molecule has 0 radical (unpaired) electrons. The van der Waals surface area contributed by atoms with Crippen molar-refractivity contribution < 1.29 is 17.2 Å². The van der Waals surface area contributed by atoms with E-state index >= 15 is 0 Å². The van der Waals surface area contributed by atoms with Crippen LogP contribution in [0.3, 0.4) is 0 Å². The van der Waals surface area contributed by atoms with Crippen molar-refractivity contribution in [2.24, 2.45) is 5.41 Å². The number of sulfonamides is 1. The van der Waals surface area contributed by atoms with Gasteiger partial charge < -0.3 is 0 Å². The number of halogens is 3. The van der Waals surface area contributed by atoms with Gasteiger partial charge in [-0.1, -0.05) is 13.8 Å². The molecule has 0 aliphatic carbocycles. The zero-order valence-electron chi connectivity index (χ0n) is 12.0. The minimum absolute atomic E-state index is 0.0633. The van der Waals surface area contributed by atoms with Crippen molar-refractivity contribution in [1.82, 2.24) is 4.31 Å². The number of hydrogen-bond acceptors (Lipinski definition) is 2. The fraction of sp³-hybridized carbons (Fsp3) is 0.571. The first-order chi connectivity index (χ1) is 9.67. The Kier molecular flexibility index (Phi) is 4.61. The standard InChI is InChI=1S/C14H18ClF2NO2S/c1-14(2)3-5-18(6-4-14)21(19,20)12-8-10(9-15)7-11(16)13(12)17/h7-8H,3-6,9H2,1-2H3. The van der Waals surface area contributed by atoms with Crippen LogP contribution in [0.5, 0.6) is 0 Å². The number of hydrogen-bond donors (Lipinski definition) is 0. The summed E-state index contributed by atoms with van der Waals surface area (Å²) in [7, 11) is -4.04. The molecule has 0 spiro atoms. The molecule has 7 heteroatoms. The summed E-state index contributed by atoms with van der Waals surface area (Å²) in [4.78, 5) is -0.627. The van der Waals surface area contributed by atoms with Crippen LogP contribution in [0.1, 0.15) is 32.3 Å². The van der Waals surface area contributed by atoms with E-state index in [-0.39, 0.29) is 16.9 Å². The molecule has 1 saturated heterocycles. The van der Waals surface area contributed by atoms with Crippen LogP contribution in [0.2, 0.25) is 0 Å². The molecule has 0 aromatic heterocycles. The van der Waals surface area contributed by atoms with Gasteiger partial charge in [-0.2, -0.15) is 4.31 Å². The first-order valence-electron chi connectivity index (χ1n) is 6.71. The highest BCUT2D eigenvalue weighted by Gasteiger charge is 2.35. The minimum atomic E-state index is -4.04. The first-order valence-corrected chi connectivity index (χ1v) is 8.69. The summed E-state index contributed by atoms with van der Waals surface area (Å²) in [6.07, 6.45) is 1.37. The molecule has 1 aromatic rings. The lowest BCUT2D eigenvalue weighted by Gasteiger charge is -2.36. The Morgan fingerprint density at radius 3 is 2.33 bits per heavy atom. The van der Waals surface area contributed by atoms with Gasteiger partial charge in [0, 0.05) is 19.0 Å². The second-order valence-corrected chi connectivity index (χ2v) is 8.27. The Morgan fingerprint density at radius 2 is 1.81 bits per heavy atom. The molecule has 2 rings (SSSR count). The second kappa shape index (κ2) is 5.82. The zero-order valence-corrected chi connectivity index (χ0v) is 13.6. The highest BCUT2D eigenvalue weighted by molar-refractivity contribution is 7.89. The summed E-state index contributed by atoms with van der Waals surface area (Å²) >= 11 is 5.60. The molecule has 1 heterocycles. The van der Waals surface area contributed by atoms with Gasteiger partial charge in [0.15, 0.2) is 11.6 Å². The quantitative estimate of drug-likeness (QED) is 0.791. The van der Waals surface area contributed by atoms with Gasteiger partial charge in [0.1, 0.15) is 4.90 Å². The van der Waals surface area contributed by atoms with Crippen LogP contribution in [0.4, 0.5) is 8.78 Å². The van der Waals surface area contributed by atoms with Gasteiger partial charge in [-0.3, -0.25) is 0 Å². The van der Waals surface area contributed by atoms with Crippen LogP contribution >= 0.6 is 11.6 Å². The summed E-state index contributed by atoms with van der Waals surface area (Å²) in [6.45, 7) is 4.74. The van der Waals surface area contributed by atoms with Crippen LogP contribution in [0.15, 0.2) is 17.0 Å². The Balaban J connectivity index is 2.39. The average molecular weight is 338 g/mol. The van der Waals surface area contributed by atoms with Crippen LogP contribution in [0, 0.1) is 17.0 Å². The Labute approximate surface area is 129 Å². The third-order valence-corrected chi connectivity index (χ3v) is 6.11. The molecule has 0 unspecified atom stereocenters. The van der Waals surface area contributed by atoms with Crippen molar-refractivity contribution in [2.75, 3.05) is 13.1 Å². The van der Waals surface area contributed by atoms with Gasteiger partial charge in [0.2, 0.25) is 10.0 Å². The topological polar surface area (TPSA) is 37.4 Å². The van der Waals surface area contributed by atoms with Gasteiger partial charge in [-0.25, -0.2) is 17.2 Å². The molecule has 1 aromatic carbocycles. The monoisotopic (exact) mass is 337 g/mol. The fourth-order valence-corrected chi connectivity index (χ4v) is 4.07. The van der Waals surface area contributed by atoms with Crippen molar-refractivity contribution in [2.45, 2.75) is 37.5 Å². The van der Waals surface area contributed by atoms with Crippen LogP contribution in [-0.2, 0) is 15.9 Å². The average Bonchev–Trinajstić information content (AvgIpc) is 2.41. The Morgan fingerprint density at radius 1 is 1.24 bits per heavy atom. The minimum Gasteiger partial charge on any atom is -0.207 e. The molecule has 1 aliphatic rings. The summed E-state index contributed by atoms with van der Waals surface area (Å²) in [6, 6.07) is 2.03. The maximum absolute atomic E-state index is 13.9. The lowest BCUT2D eigenvalue weighted by Crippen LogP contribution is -2.41. The van der Waals surface area contributed by atoms with Gasteiger partial charge in [-0.05, 0) is 36.0 Å². The molecule has 0 saturated carbocycles. The maximum Gasteiger partial charge on any atom is 0.246 e. The van der Waals surface area contributed by atoms with Gasteiger partial charge >= 0.3 is 0 Å². The maximum atomic E-state index is 13.9. The first kappa shape index (κ1) is 16.6. The van der Waals surface area contributed by atoms with E-state index in [1.165, 1.54) is 4.31 Å². The van der Waals surface area contributed by atoms with Crippen molar-refractivity contribution >= 4 is 21.6 Å². The molecule has 21 heavy (non-hydrogen) atoms. The third-order valence-electron chi connectivity index (χ3n) is 3.90. The number of rotatable bonds is 3. The SMILES string of the molecule is CC1(C)CCN(S(=O)(=O)c2cc(CCl)cc(F)c2F)CC1. The van der Waals surface area contributed by atoms with E-state index in [2.05, 4.69) is 13.8 Å². The number of piperidine rings is 1. The van der Waals surface area contributed by atoms with Crippen molar-refractivity contribution in [3.05, 3.63) is 29.3 Å². The second-order valence-electron chi connectivity index (χ2n) is 6.09.